The second kappa shape index (κ2) is 6.77. The summed E-state index contributed by atoms with van der Waals surface area (Å²) in [6.07, 6.45) is 0.714. The first kappa shape index (κ1) is 14.2. The lowest BCUT2D eigenvalue weighted by molar-refractivity contribution is -0.146. The van der Waals surface area contributed by atoms with Crippen molar-refractivity contribution in [3.05, 3.63) is 22.4 Å². The lowest BCUT2D eigenvalue weighted by atomic mass is 10.2. The minimum absolute atomic E-state index is 0.0658. The number of carbonyl (C=O) groups excluding carboxylic acids is 2. The van der Waals surface area contributed by atoms with Crippen LogP contribution in [0.5, 0.6) is 0 Å². The molecule has 1 aromatic rings. The zero-order valence-electron chi connectivity index (χ0n) is 10.3. The maximum atomic E-state index is 11.7. The van der Waals surface area contributed by atoms with Gasteiger partial charge >= 0.3 is 11.8 Å². The molecule has 0 saturated heterocycles. The molecule has 1 heterocycles. The summed E-state index contributed by atoms with van der Waals surface area (Å²) in [4.78, 5) is 25.7. The second-order valence-electron chi connectivity index (χ2n) is 3.89. The third kappa shape index (κ3) is 3.86. The van der Waals surface area contributed by atoms with E-state index in [4.69, 9.17) is 5.26 Å². The fourth-order valence-corrected chi connectivity index (χ4v) is 2.24. The third-order valence-corrected chi connectivity index (χ3v) is 3.48. The molecule has 0 bridgehead atoms. The van der Waals surface area contributed by atoms with Gasteiger partial charge in [0.1, 0.15) is 6.54 Å². The molecule has 1 aromatic heterocycles. The summed E-state index contributed by atoms with van der Waals surface area (Å²) in [5.41, 5.74) is 0. The predicted octanol–water partition coefficient (Wildman–Crippen LogP) is 0.777. The van der Waals surface area contributed by atoms with Gasteiger partial charge < -0.3 is 10.2 Å². The smallest absolute Gasteiger partial charge is 0.311 e. The van der Waals surface area contributed by atoms with Crippen molar-refractivity contribution in [3.63, 3.8) is 0 Å². The Morgan fingerprint density at radius 3 is 2.89 bits per heavy atom. The molecule has 18 heavy (non-hydrogen) atoms. The lowest BCUT2D eigenvalue weighted by Gasteiger charge is -2.23. The number of amides is 2. The fourth-order valence-electron chi connectivity index (χ4n) is 1.41. The Kier molecular flexibility index (Phi) is 5.33. The number of hydrogen-bond acceptors (Lipinski definition) is 4. The van der Waals surface area contributed by atoms with Crippen LogP contribution in [0.15, 0.2) is 17.5 Å². The molecular formula is C12H15N3O2S. The van der Waals surface area contributed by atoms with Crippen LogP contribution >= 0.6 is 11.3 Å². The van der Waals surface area contributed by atoms with Gasteiger partial charge in [0, 0.05) is 24.4 Å². The molecule has 0 radical (unpaired) electrons. The summed E-state index contributed by atoms with van der Waals surface area (Å²) in [6.45, 7) is 1.73. The number of nitrogens with one attached hydrogen (secondary N) is 1. The van der Waals surface area contributed by atoms with Gasteiger partial charge in [0.05, 0.1) is 6.07 Å². The Balaban J connectivity index is 2.52. The Labute approximate surface area is 110 Å². The number of nitrogens with zero attached hydrogens (tertiary/aromatic N) is 2. The van der Waals surface area contributed by atoms with Crippen molar-refractivity contribution >= 4 is 23.2 Å². The molecule has 1 N–H and O–H groups in total. The van der Waals surface area contributed by atoms with E-state index in [0.29, 0.717) is 6.42 Å². The van der Waals surface area contributed by atoms with Crippen molar-refractivity contribution in [2.24, 2.45) is 0 Å². The van der Waals surface area contributed by atoms with Gasteiger partial charge in [-0.1, -0.05) is 6.07 Å². The van der Waals surface area contributed by atoms with E-state index in [0.717, 1.165) is 0 Å². The van der Waals surface area contributed by atoms with Crippen LogP contribution < -0.4 is 5.32 Å². The monoisotopic (exact) mass is 265 g/mol. The van der Waals surface area contributed by atoms with Crippen molar-refractivity contribution in [1.29, 1.82) is 5.26 Å². The largest absolute Gasteiger partial charge is 0.335 e. The molecule has 0 aromatic carbocycles. The summed E-state index contributed by atoms with van der Waals surface area (Å²) in [7, 11) is 1.59. The molecular weight excluding hydrogens is 250 g/mol. The molecule has 0 aliphatic carbocycles. The Morgan fingerprint density at radius 2 is 2.33 bits per heavy atom. The highest BCUT2D eigenvalue weighted by Gasteiger charge is 2.22. The minimum atomic E-state index is -0.739. The Morgan fingerprint density at radius 1 is 1.61 bits per heavy atom. The molecule has 6 heteroatoms. The van der Waals surface area contributed by atoms with Gasteiger partial charge in [-0.05, 0) is 18.4 Å². The van der Waals surface area contributed by atoms with Crippen LogP contribution in [0.4, 0.5) is 0 Å². The maximum Gasteiger partial charge on any atom is 0.311 e. The summed E-state index contributed by atoms with van der Waals surface area (Å²) in [5, 5.41) is 12.5. The SMILES string of the molecule is CC(Cc1cccs1)N(C)C(=O)C(=O)NCC#N. The first-order valence-corrected chi connectivity index (χ1v) is 6.38. The van der Waals surface area contributed by atoms with Crippen LogP contribution in [0.2, 0.25) is 0 Å². The molecule has 96 valence electrons. The molecule has 0 aliphatic heterocycles. The zero-order valence-corrected chi connectivity index (χ0v) is 11.2. The first-order valence-electron chi connectivity index (χ1n) is 5.50. The first-order chi connectivity index (χ1) is 8.56. The lowest BCUT2D eigenvalue weighted by Crippen LogP contribution is -2.45. The quantitative estimate of drug-likeness (QED) is 0.646. The van der Waals surface area contributed by atoms with Crippen molar-refractivity contribution in [2.45, 2.75) is 19.4 Å². The molecule has 1 rings (SSSR count). The van der Waals surface area contributed by atoms with Crippen LogP contribution in [0.1, 0.15) is 11.8 Å². The van der Waals surface area contributed by atoms with E-state index in [-0.39, 0.29) is 12.6 Å². The average Bonchev–Trinajstić information content (AvgIpc) is 2.86. The number of hydrogen-bond donors (Lipinski definition) is 1. The van der Waals surface area contributed by atoms with Crippen LogP contribution in [-0.4, -0.2) is 36.3 Å². The number of nitriles is 1. The maximum absolute atomic E-state index is 11.7. The van der Waals surface area contributed by atoms with Crippen LogP contribution in [-0.2, 0) is 16.0 Å². The van der Waals surface area contributed by atoms with Crippen molar-refractivity contribution in [3.8, 4) is 6.07 Å². The van der Waals surface area contributed by atoms with E-state index < -0.39 is 11.8 Å². The summed E-state index contributed by atoms with van der Waals surface area (Å²) in [5.74, 6) is -1.36. The van der Waals surface area contributed by atoms with Crippen molar-refractivity contribution in [2.75, 3.05) is 13.6 Å². The summed E-state index contributed by atoms with van der Waals surface area (Å²) < 4.78 is 0. The van der Waals surface area contributed by atoms with Crippen LogP contribution in [0.3, 0.4) is 0 Å². The Hall–Kier alpha value is -1.87. The molecule has 1 atom stereocenters. The van der Waals surface area contributed by atoms with Gasteiger partial charge in [-0.3, -0.25) is 9.59 Å². The van der Waals surface area contributed by atoms with E-state index >= 15 is 0 Å². The van der Waals surface area contributed by atoms with Gasteiger partial charge in [0.25, 0.3) is 0 Å². The molecule has 1 unspecified atom stereocenters. The van der Waals surface area contributed by atoms with E-state index in [9.17, 15) is 9.59 Å². The molecule has 0 fully saturated rings. The zero-order chi connectivity index (χ0) is 13.5. The average molecular weight is 265 g/mol. The topological polar surface area (TPSA) is 73.2 Å². The number of thiophene rings is 1. The molecule has 0 saturated carbocycles. The van der Waals surface area contributed by atoms with E-state index in [1.54, 1.807) is 24.5 Å². The highest BCUT2D eigenvalue weighted by Crippen LogP contribution is 2.13. The highest BCUT2D eigenvalue weighted by atomic mass is 32.1. The molecule has 5 nitrogen and oxygen atoms in total. The molecule has 2 amide bonds. The predicted molar refractivity (Wildman–Crippen MR) is 68.9 cm³/mol. The minimum Gasteiger partial charge on any atom is -0.335 e. The summed E-state index contributed by atoms with van der Waals surface area (Å²) in [6, 6.07) is 5.64. The van der Waals surface area contributed by atoms with Gasteiger partial charge in [0.2, 0.25) is 0 Å². The van der Waals surface area contributed by atoms with Gasteiger partial charge in [-0.15, -0.1) is 11.3 Å². The molecule has 0 aliphatic rings. The van der Waals surface area contributed by atoms with Gasteiger partial charge in [-0.2, -0.15) is 5.26 Å². The highest BCUT2D eigenvalue weighted by molar-refractivity contribution is 7.09. The standard InChI is InChI=1S/C12H15N3O2S/c1-9(8-10-4-3-7-18-10)15(2)12(17)11(16)14-6-5-13/h3-4,7,9H,6,8H2,1-2H3,(H,14,16). The van der Waals surface area contributed by atoms with E-state index in [2.05, 4.69) is 5.32 Å². The fraction of sp³-hybridized carbons (Fsp3) is 0.417. The molecule has 0 spiro atoms. The third-order valence-electron chi connectivity index (χ3n) is 2.58. The van der Waals surface area contributed by atoms with Crippen LogP contribution in [0, 0.1) is 11.3 Å². The second-order valence-corrected chi connectivity index (χ2v) is 4.92. The normalized spacial score (nSPS) is 11.4. The van der Waals surface area contributed by atoms with Crippen molar-refractivity contribution in [1.82, 2.24) is 10.2 Å². The Bertz CT molecular complexity index is 450. The van der Waals surface area contributed by atoms with Gasteiger partial charge in [0.15, 0.2) is 0 Å². The van der Waals surface area contributed by atoms with E-state index in [1.807, 2.05) is 24.4 Å². The number of likely N-dealkylation sites (N-methyl/N-ethyl adjacent to an activating group) is 1. The number of rotatable bonds is 4. The van der Waals surface area contributed by atoms with Crippen molar-refractivity contribution < 1.29 is 9.59 Å². The van der Waals surface area contributed by atoms with Gasteiger partial charge in [-0.25, -0.2) is 0 Å². The van der Waals surface area contributed by atoms with E-state index in [1.165, 1.54) is 9.78 Å². The summed E-state index contributed by atoms with van der Waals surface area (Å²) >= 11 is 1.62. The van der Waals surface area contributed by atoms with Crippen LogP contribution in [0.25, 0.3) is 0 Å². The number of carbonyl (C=O) groups is 2.